The minimum absolute atomic E-state index is 0.155. The molecule has 0 aliphatic carbocycles. The van der Waals surface area contributed by atoms with Crippen LogP contribution in [0.2, 0.25) is 0 Å². The van der Waals surface area contributed by atoms with Crippen molar-refractivity contribution in [2.75, 3.05) is 19.6 Å². The second-order valence-electron chi connectivity index (χ2n) is 7.56. The number of nitrogens with one attached hydrogen (secondary N) is 1. The van der Waals surface area contributed by atoms with Crippen LogP contribution in [0.4, 0.5) is 4.79 Å². The molecule has 134 valence electrons. The maximum atomic E-state index is 11.8. The Morgan fingerprint density at radius 2 is 1.92 bits per heavy atom. The van der Waals surface area contributed by atoms with Gasteiger partial charge < -0.3 is 20.1 Å². The van der Waals surface area contributed by atoms with E-state index in [1.165, 1.54) is 0 Å². The molecule has 1 aliphatic heterocycles. The van der Waals surface area contributed by atoms with Gasteiger partial charge in [-0.3, -0.25) is 0 Å². The summed E-state index contributed by atoms with van der Waals surface area (Å²) in [6.45, 7) is 8.03. The fourth-order valence-electron chi connectivity index (χ4n) is 2.98. The molecule has 2 rings (SSSR count). The van der Waals surface area contributed by atoms with Crippen molar-refractivity contribution in [2.24, 2.45) is 0 Å². The van der Waals surface area contributed by atoms with Crippen LogP contribution in [0, 0.1) is 0 Å². The van der Waals surface area contributed by atoms with E-state index in [-0.39, 0.29) is 18.2 Å². The normalized spacial score (nSPS) is 18.2. The average Bonchev–Trinajstić information content (AvgIpc) is 2.48. The molecule has 5 heteroatoms. The van der Waals surface area contributed by atoms with Gasteiger partial charge in [-0.25, -0.2) is 4.79 Å². The lowest BCUT2D eigenvalue weighted by atomic mass is 10.0. The lowest BCUT2D eigenvalue weighted by Gasteiger charge is -2.33. The summed E-state index contributed by atoms with van der Waals surface area (Å²) in [6, 6.07) is 10.2. The fourth-order valence-corrected chi connectivity index (χ4v) is 2.98. The second kappa shape index (κ2) is 8.49. The van der Waals surface area contributed by atoms with Crippen molar-refractivity contribution in [3.8, 4) is 0 Å². The van der Waals surface area contributed by atoms with Crippen molar-refractivity contribution in [1.29, 1.82) is 0 Å². The van der Waals surface area contributed by atoms with Crippen molar-refractivity contribution in [3.63, 3.8) is 0 Å². The quantitative estimate of drug-likeness (QED) is 0.869. The highest BCUT2D eigenvalue weighted by Gasteiger charge is 2.24. The molecule has 1 unspecified atom stereocenters. The summed E-state index contributed by atoms with van der Waals surface area (Å²) < 4.78 is 5.29. The lowest BCUT2D eigenvalue weighted by molar-refractivity contribution is 0.0459. The molecule has 0 spiro atoms. The maximum Gasteiger partial charge on any atom is 0.407 e. The third-order valence-corrected chi connectivity index (χ3v) is 4.09. The van der Waals surface area contributed by atoms with Gasteiger partial charge in [0.05, 0.1) is 6.10 Å². The number of rotatable bonds is 5. The Hall–Kier alpha value is -1.59. The highest BCUT2D eigenvalue weighted by Crippen LogP contribution is 2.14. The van der Waals surface area contributed by atoms with Crippen molar-refractivity contribution >= 4 is 6.09 Å². The van der Waals surface area contributed by atoms with E-state index in [2.05, 4.69) is 10.2 Å². The molecule has 5 nitrogen and oxygen atoms in total. The highest BCUT2D eigenvalue weighted by molar-refractivity contribution is 5.68. The molecule has 1 heterocycles. The van der Waals surface area contributed by atoms with Gasteiger partial charge >= 0.3 is 6.09 Å². The number of nitrogens with zero attached hydrogens (tertiary/aromatic N) is 1. The van der Waals surface area contributed by atoms with E-state index in [0.717, 1.165) is 31.5 Å². The first-order valence-corrected chi connectivity index (χ1v) is 8.76. The predicted octanol–water partition coefficient (Wildman–Crippen LogP) is 2.58. The summed E-state index contributed by atoms with van der Waals surface area (Å²) in [6.07, 6.45) is 1.75. The van der Waals surface area contributed by atoms with Crippen molar-refractivity contribution in [3.05, 3.63) is 35.9 Å². The Morgan fingerprint density at radius 1 is 1.29 bits per heavy atom. The van der Waals surface area contributed by atoms with E-state index in [0.29, 0.717) is 13.0 Å². The van der Waals surface area contributed by atoms with Gasteiger partial charge in [0, 0.05) is 25.7 Å². The molecular weight excluding hydrogens is 304 g/mol. The number of alkyl carbamates (subject to hydrolysis) is 1. The number of amides is 1. The van der Waals surface area contributed by atoms with Gasteiger partial charge in [-0.15, -0.1) is 0 Å². The number of likely N-dealkylation sites (tertiary alicyclic amines) is 1. The Balaban J connectivity index is 1.68. The first-order valence-electron chi connectivity index (χ1n) is 8.76. The number of aliphatic hydroxyl groups is 1. The molecule has 0 saturated carbocycles. The SMILES string of the molecule is CC(C)(C)OC(=O)NC1CCN(CC(O)Cc2ccccc2)CC1. The van der Waals surface area contributed by atoms with Gasteiger partial charge in [-0.1, -0.05) is 30.3 Å². The number of β-amino-alcohol motifs (C(OH)–C–C–N with tert-alkyl or cyclic N) is 1. The summed E-state index contributed by atoms with van der Waals surface area (Å²) >= 11 is 0. The zero-order chi connectivity index (χ0) is 17.6. The number of hydrogen-bond donors (Lipinski definition) is 2. The predicted molar refractivity (Wildman–Crippen MR) is 95.0 cm³/mol. The van der Waals surface area contributed by atoms with Crippen LogP contribution in [-0.2, 0) is 11.2 Å². The largest absolute Gasteiger partial charge is 0.444 e. The van der Waals surface area contributed by atoms with Crippen LogP contribution in [0.1, 0.15) is 39.2 Å². The number of aliphatic hydroxyl groups excluding tert-OH is 1. The van der Waals surface area contributed by atoms with E-state index >= 15 is 0 Å². The van der Waals surface area contributed by atoms with E-state index in [9.17, 15) is 9.90 Å². The van der Waals surface area contributed by atoms with E-state index in [1.807, 2.05) is 51.1 Å². The third kappa shape index (κ3) is 6.89. The minimum Gasteiger partial charge on any atom is -0.444 e. The van der Waals surface area contributed by atoms with Crippen LogP contribution < -0.4 is 5.32 Å². The van der Waals surface area contributed by atoms with Gasteiger partial charge in [0.25, 0.3) is 0 Å². The Kier molecular flexibility index (Phi) is 6.63. The fraction of sp³-hybridized carbons (Fsp3) is 0.632. The molecule has 0 aromatic heterocycles. The number of ether oxygens (including phenoxy) is 1. The number of hydrogen-bond acceptors (Lipinski definition) is 4. The number of benzene rings is 1. The summed E-state index contributed by atoms with van der Waals surface area (Å²) in [5.74, 6) is 0. The van der Waals surface area contributed by atoms with Gasteiger partial charge in [-0.05, 0) is 45.6 Å². The topological polar surface area (TPSA) is 61.8 Å². The van der Waals surface area contributed by atoms with Crippen LogP contribution in [0.3, 0.4) is 0 Å². The van der Waals surface area contributed by atoms with Gasteiger partial charge in [0.1, 0.15) is 5.60 Å². The summed E-state index contributed by atoms with van der Waals surface area (Å²) in [4.78, 5) is 14.1. The monoisotopic (exact) mass is 334 g/mol. The van der Waals surface area contributed by atoms with Gasteiger partial charge in [-0.2, -0.15) is 0 Å². The second-order valence-corrected chi connectivity index (χ2v) is 7.56. The Labute approximate surface area is 145 Å². The molecule has 1 aromatic rings. The molecule has 1 fully saturated rings. The van der Waals surface area contributed by atoms with E-state index in [1.54, 1.807) is 0 Å². The summed E-state index contributed by atoms with van der Waals surface area (Å²) in [7, 11) is 0. The zero-order valence-electron chi connectivity index (χ0n) is 15.0. The molecular formula is C19H30N2O3. The molecule has 1 atom stereocenters. The Morgan fingerprint density at radius 3 is 2.50 bits per heavy atom. The van der Waals surface area contributed by atoms with Crippen molar-refractivity contribution in [1.82, 2.24) is 10.2 Å². The van der Waals surface area contributed by atoms with Crippen LogP contribution in [-0.4, -0.2) is 53.5 Å². The zero-order valence-corrected chi connectivity index (χ0v) is 15.0. The molecule has 0 bridgehead atoms. The average molecular weight is 334 g/mol. The maximum absolute atomic E-state index is 11.8. The standard InChI is InChI=1S/C19H30N2O3/c1-19(2,3)24-18(23)20-16-9-11-21(12-10-16)14-17(22)13-15-7-5-4-6-8-15/h4-8,16-17,22H,9-14H2,1-3H3,(H,20,23). The molecule has 1 saturated heterocycles. The van der Waals surface area contributed by atoms with Crippen LogP contribution in [0.5, 0.6) is 0 Å². The van der Waals surface area contributed by atoms with Crippen LogP contribution in [0.15, 0.2) is 30.3 Å². The van der Waals surface area contributed by atoms with Gasteiger partial charge in [0.15, 0.2) is 0 Å². The van der Waals surface area contributed by atoms with Crippen molar-refractivity contribution < 1.29 is 14.6 Å². The Bertz CT molecular complexity index is 505. The smallest absolute Gasteiger partial charge is 0.407 e. The minimum atomic E-state index is -0.466. The van der Waals surface area contributed by atoms with Gasteiger partial charge in [0.2, 0.25) is 0 Å². The highest BCUT2D eigenvalue weighted by atomic mass is 16.6. The number of piperidine rings is 1. The molecule has 24 heavy (non-hydrogen) atoms. The van der Waals surface area contributed by atoms with Crippen LogP contribution in [0.25, 0.3) is 0 Å². The molecule has 1 amide bonds. The van der Waals surface area contributed by atoms with Crippen LogP contribution >= 0.6 is 0 Å². The number of carbonyl (C=O) groups is 1. The number of carbonyl (C=O) groups excluding carboxylic acids is 1. The molecule has 2 N–H and O–H groups in total. The first kappa shape index (κ1) is 18.7. The van der Waals surface area contributed by atoms with Crippen molar-refractivity contribution in [2.45, 2.75) is 57.8 Å². The summed E-state index contributed by atoms with van der Waals surface area (Å²) in [5.41, 5.74) is 0.693. The lowest BCUT2D eigenvalue weighted by Crippen LogP contribution is -2.47. The summed E-state index contributed by atoms with van der Waals surface area (Å²) in [5, 5.41) is 13.2. The third-order valence-electron chi connectivity index (χ3n) is 4.09. The molecule has 0 radical (unpaired) electrons. The van der Waals surface area contributed by atoms with E-state index < -0.39 is 5.60 Å². The van der Waals surface area contributed by atoms with E-state index in [4.69, 9.17) is 4.74 Å². The first-order chi connectivity index (χ1) is 11.3. The molecule has 1 aromatic carbocycles. The molecule has 1 aliphatic rings.